The minimum Gasteiger partial charge on any atom is -0.369 e. The van der Waals surface area contributed by atoms with Crippen molar-refractivity contribution in [2.45, 2.75) is 31.6 Å². The molecule has 2 nitrogen and oxygen atoms in total. The van der Waals surface area contributed by atoms with Gasteiger partial charge in [0.2, 0.25) is 5.91 Å². The summed E-state index contributed by atoms with van der Waals surface area (Å²) in [4.78, 5) is 13.3. The molecule has 0 heterocycles. The number of thioether (sulfide) groups is 1. The molecule has 0 aliphatic rings. The van der Waals surface area contributed by atoms with E-state index in [-0.39, 0.29) is 5.91 Å². The molecule has 0 bridgehead atoms. The molecule has 0 saturated carbocycles. The van der Waals surface area contributed by atoms with Crippen molar-refractivity contribution >= 4 is 17.7 Å². The minimum absolute atomic E-state index is 0.210. The molecule has 1 atom stereocenters. The second-order valence-electron chi connectivity index (χ2n) is 5.76. The largest absolute Gasteiger partial charge is 0.369 e. The summed E-state index contributed by atoms with van der Waals surface area (Å²) in [5.74, 6) is 0.495. The summed E-state index contributed by atoms with van der Waals surface area (Å²) in [7, 11) is 0. The van der Waals surface area contributed by atoms with Crippen LogP contribution in [0.5, 0.6) is 0 Å². The fourth-order valence-corrected chi connectivity index (χ4v) is 3.67. The Bertz CT molecular complexity index is 609. The molecular formula is C19H23NOS. The van der Waals surface area contributed by atoms with Crippen LogP contribution >= 0.6 is 11.8 Å². The van der Waals surface area contributed by atoms with Gasteiger partial charge in [-0.2, -0.15) is 0 Å². The maximum atomic E-state index is 12.1. The highest BCUT2D eigenvalue weighted by molar-refractivity contribution is 7.99. The predicted octanol–water partition coefficient (Wildman–Crippen LogP) is 4.21. The average molecular weight is 313 g/mol. The first kappa shape index (κ1) is 16.6. The maximum absolute atomic E-state index is 12.1. The van der Waals surface area contributed by atoms with Gasteiger partial charge in [0, 0.05) is 10.6 Å². The van der Waals surface area contributed by atoms with Gasteiger partial charge in [-0.25, -0.2) is 0 Å². The molecule has 1 amide bonds. The second kappa shape index (κ2) is 7.50. The molecule has 0 saturated heterocycles. The summed E-state index contributed by atoms with van der Waals surface area (Å²) in [5.41, 5.74) is 7.66. The molecule has 2 aromatic rings. The monoisotopic (exact) mass is 313 g/mol. The van der Waals surface area contributed by atoms with Crippen LogP contribution in [0.4, 0.5) is 0 Å². The molecule has 3 heteroatoms. The highest BCUT2D eigenvalue weighted by Crippen LogP contribution is 2.34. The number of carbonyl (C=O) groups excluding carboxylic acids is 1. The summed E-state index contributed by atoms with van der Waals surface area (Å²) in [6, 6.07) is 18.5. The zero-order chi connectivity index (χ0) is 16.0. The van der Waals surface area contributed by atoms with Gasteiger partial charge in [-0.3, -0.25) is 4.79 Å². The number of amides is 1. The van der Waals surface area contributed by atoms with Crippen LogP contribution in [0.25, 0.3) is 0 Å². The first-order chi connectivity index (χ1) is 10.6. The van der Waals surface area contributed by atoms with Gasteiger partial charge in [-0.15, -0.1) is 11.8 Å². The Morgan fingerprint density at radius 1 is 1.09 bits per heavy atom. The van der Waals surface area contributed by atoms with Crippen molar-refractivity contribution in [2.24, 2.45) is 11.1 Å². The van der Waals surface area contributed by atoms with Gasteiger partial charge in [-0.05, 0) is 37.5 Å². The third kappa shape index (κ3) is 4.14. The van der Waals surface area contributed by atoms with E-state index in [0.29, 0.717) is 12.2 Å². The molecule has 1 unspecified atom stereocenters. The van der Waals surface area contributed by atoms with Crippen molar-refractivity contribution in [2.75, 3.05) is 5.75 Å². The van der Waals surface area contributed by atoms with Crippen LogP contribution in [-0.4, -0.2) is 11.7 Å². The average Bonchev–Trinajstić information content (AvgIpc) is 2.53. The number of hydrogen-bond donors (Lipinski definition) is 1. The number of primary amides is 1. The highest BCUT2D eigenvalue weighted by atomic mass is 32.2. The van der Waals surface area contributed by atoms with Crippen LogP contribution < -0.4 is 5.73 Å². The summed E-state index contributed by atoms with van der Waals surface area (Å²) >= 11 is 1.71. The van der Waals surface area contributed by atoms with E-state index < -0.39 is 5.41 Å². The van der Waals surface area contributed by atoms with E-state index in [4.69, 9.17) is 5.73 Å². The van der Waals surface area contributed by atoms with E-state index in [1.54, 1.807) is 11.8 Å². The number of hydrogen-bond acceptors (Lipinski definition) is 2. The smallest absolute Gasteiger partial charge is 0.224 e. The van der Waals surface area contributed by atoms with Crippen LogP contribution in [0, 0.1) is 12.3 Å². The summed E-state index contributed by atoms with van der Waals surface area (Å²) in [5, 5.41) is 0. The van der Waals surface area contributed by atoms with E-state index in [2.05, 4.69) is 43.3 Å². The molecule has 116 valence electrons. The van der Waals surface area contributed by atoms with Gasteiger partial charge >= 0.3 is 0 Å². The van der Waals surface area contributed by atoms with Crippen LogP contribution in [0.3, 0.4) is 0 Å². The Labute approximate surface area is 137 Å². The van der Waals surface area contributed by atoms with Gasteiger partial charge < -0.3 is 5.73 Å². The predicted molar refractivity (Wildman–Crippen MR) is 94.0 cm³/mol. The molecule has 0 aromatic heterocycles. The number of carbonyl (C=O) groups is 1. The van der Waals surface area contributed by atoms with Crippen LogP contribution in [0.1, 0.15) is 24.5 Å². The van der Waals surface area contributed by atoms with E-state index >= 15 is 0 Å². The van der Waals surface area contributed by atoms with E-state index in [1.165, 1.54) is 10.5 Å². The van der Waals surface area contributed by atoms with E-state index in [1.807, 2.05) is 25.1 Å². The van der Waals surface area contributed by atoms with Crippen LogP contribution in [-0.2, 0) is 11.2 Å². The van der Waals surface area contributed by atoms with Crippen molar-refractivity contribution in [3.63, 3.8) is 0 Å². The first-order valence-corrected chi connectivity index (χ1v) is 8.57. The zero-order valence-corrected chi connectivity index (χ0v) is 14.0. The third-order valence-corrected chi connectivity index (χ3v) is 5.42. The molecule has 2 aromatic carbocycles. The Balaban J connectivity index is 2.14. The Morgan fingerprint density at radius 3 is 2.27 bits per heavy atom. The molecule has 0 aliphatic heterocycles. The number of rotatable bonds is 7. The summed E-state index contributed by atoms with van der Waals surface area (Å²) in [6.07, 6.45) is 1.44. The van der Waals surface area contributed by atoms with Crippen molar-refractivity contribution in [1.82, 2.24) is 0 Å². The van der Waals surface area contributed by atoms with E-state index in [0.717, 1.165) is 12.0 Å². The minimum atomic E-state index is -0.503. The topological polar surface area (TPSA) is 43.1 Å². The van der Waals surface area contributed by atoms with Gasteiger partial charge in [0.1, 0.15) is 0 Å². The summed E-state index contributed by atoms with van der Waals surface area (Å²) in [6.45, 7) is 4.12. The maximum Gasteiger partial charge on any atom is 0.224 e. The molecule has 2 rings (SSSR count). The van der Waals surface area contributed by atoms with Crippen molar-refractivity contribution in [3.8, 4) is 0 Å². The zero-order valence-electron chi connectivity index (χ0n) is 13.2. The van der Waals surface area contributed by atoms with Gasteiger partial charge in [-0.1, -0.05) is 55.0 Å². The fraction of sp³-hybridized carbons (Fsp3) is 0.316. The lowest BCUT2D eigenvalue weighted by Gasteiger charge is -2.29. The van der Waals surface area contributed by atoms with Crippen LogP contribution in [0.2, 0.25) is 0 Å². The van der Waals surface area contributed by atoms with E-state index in [9.17, 15) is 4.79 Å². The Morgan fingerprint density at radius 2 is 1.73 bits per heavy atom. The van der Waals surface area contributed by atoms with Crippen molar-refractivity contribution < 1.29 is 4.79 Å². The molecule has 0 fully saturated rings. The third-order valence-electron chi connectivity index (χ3n) is 4.12. The fourth-order valence-electron chi connectivity index (χ4n) is 2.45. The van der Waals surface area contributed by atoms with Crippen LogP contribution in [0.15, 0.2) is 59.5 Å². The molecule has 2 N–H and O–H groups in total. The number of aryl methyl sites for hydroxylation is 1. The molecular weight excluding hydrogens is 290 g/mol. The lowest BCUT2D eigenvalue weighted by molar-refractivity contribution is -0.126. The molecule has 0 aliphatic carbocycles. The number of nitrogens with two attached hydrogens (primary N) is 1. The lowest BCUT2D eigenvalue weighted by atomic mass is 9.80. The standard InChI is InChI=1S/C19H23NOS/c1-3-19(18(20)21,13-16-7-5-4-6-8-16)14-22-17-11-9-15(2)10-12-17/h4-12H,3,13-14H2,1-2H3,(H2,20,21). The first-order valence-electron chi connectivity index (χ1n) is 7.59. The molecule has 0 spiro atoms. The van der Waals surface area contributed by atoms with Gasteiger partial charge in [0.15, 0.2) is 0 Å². The summed E-state index contributed by atoms with van der Waals surface area (Å²) < 4.78 is 0. The molecule has 0 radical (unpaired) electrons. The quantitative estimate of drug-likeness (QED) is 0.778. The van der Waals surface area contributed by atoms with Crippen molar-refractivity contribution in [1.29, 1.82) is 0 Å². The SMILES string of the molecule is CCC(CSc1ccc(C)cc1)(Cc1ccccc1)C(N)=O. The number of benzene rings is 2. The highest BCUT2D eigenvalue weighted by Gasteiger charge is 2.35. The molecule has 22 heavy (non-hydrogen) atoms. The lowest BCUT2D eigenvalue weighted by Crippen LogP contribution is -2.40. The van der Waals surface area contributed by atoms with Crippen molar-refractivity contribution in [3.05, 3.63) is 65.7 Å². The normalized spacial score (nSPS) is 13.5. The van der Waals surface area contributed by atoms with Gasteiger partial charge in [0.05, 0.1) is 5.41 Å². The Kier molecular flexibility index (Phi) is 5.67. The second-order valence-corrected chi connectivity index (χ2v) is 6.81. The van der Waals surface area contributed by atoms with Gasteiger partial charge in [0.25, 0.3) is 0 Å². The Hall–Kier alpha value is -1.74.